The van der Waals surface area contributed by atoms with Crippen molar-refractivity contribution in [1.29, 1.82) is 0 Å². The number of nitrogens with one attached hydrogen (secondary N) is 1. The molecule has 16 heavy (non-hydrogen) atoms. The lowest BCUT2D eigenvalue weighted by molar-refractivity contribution is 0.209. The summed E-state index contributed by atoms with van der Waals surface area (Å²) in [6, 6.07) is 3.63. The number of benzene rings is 1. The van der Waals surface area contributed by atoms with Gasteiger partial charge in [0.1, 0.15) is 11.6 Å². The van der Waals surface area contributed by atoms with E-state index in [1.165, 1.54) is 18.2 Å². The maximum atomic E-state index is 13.3. The molecule has 0 heterocycles. The Morgan fingerprint density at radius 2 is 1.81 bits per heavy atom. The van der Waals surface area contributed by atoms with Gasteiger partial charge < -0.3 is 10.4 Å². The Bertz CT molecular complexity index is 322. The van der Waals surface area contributed by atoms with Crippen LogP contribution in [-0.4, -0.2) is 17.8 Å². The molecule has 0 spiro atoms. The van der Waals surface area contributed by atoms with Gasteiger partial charge in [0.05, 0.1) is 6.61 Å². The molecule has 0 bridgehead atoms. The van der Waals surface area contributed by atoms with Crippen LogP contribution in [0.15, 0.2) is 18.2 Å². The van der Waals surface area contributed by atoms with Crippen molar-refractivity contribution in [2.24, 2.45) is 5.92 Å². The quantitative estimate of drug-likeness (QED) is 0.810. The van der Waals surface area contributed by atoms with E-state index in [0.29, 0.717) is 0 Å². The van der Waals surface area contributed by atoms with E-state index in [1.54, 1.807) is 0 Å². The maximum absolute atomic E-state index is 13.3. The summed E-state index contributed by atoms with van der Waals surface area (Å²) >= 11 is 0. The molecule has 1 unspecified atom stereocenters. The van der Waals surface area contributed by atoms with E-state index in [9.17, 15) is 8.78 Å². The zero-order valence-corrected chi connectivity index (χ0v) is 9.50. The second-order valence-electron chi connectivity index (χ2n) is 4.11. The summed E-state index contributed by atoms with van der Waals surface area (Å²) in [4.78, 5) is 0. The van der Waals surface area contributed by atoms with Crippen LogP contribution in [0.1, 0.15) is 19.4 Å². The van der Waals surface area contributed by atoms with Crippen molar-refractivity contribution in [3.05, 3.63) is 35.4 Å². The summed E-state index contributed by atoms with van der Waals surface area (Å²) in [6.45, 7) is 3.91. The van der Waals surface area contributed by atoms with E-state index >= 15 is 0 Å². The van der Waals surface area contributed by atoms with Crippen molar-refractivity contribution in [1.82, 2.24) is 5.32 Å². The lowest BCUT2D eigenvalue weighted by Gasteiger charge is -2.20. The molecule has 0 aliphatic carbocycles. The highest BCUT2D eigenvalue weighted by Crippen LogP contribution is 2.12. The van der Waals surface area contributed by atoms with Crippen LogP contribution in [0.2, 0.25) is 0 Å². The minimum Gasteiger partial charge on any atom is -0.395 e. The van der Waals surface area contributed by atoms with Crippen LogP contribution in [0.25, 0.3) is 0 Å². The number of hydrogen-bond acceptors (Lipinski definition) is 2. The SMILES string of the molecule is CC(C)C(CO)NCc1c(F)cccc1F. The molecular formula is C12H17F2NO. The molecule has 0 aromatic heterocycles. The Kier molecular flexibility index (Phi) is 4.83. The van der Waals surface area contributed by atoms with Gasteiger partial charge in [-0.2, -0.15) is 0 Å². The monoisotopic (exact) mass is 229 g/mol. The third kappa shape index (κ3) is 3.25. The Hall–Kier alpha value is -1.00. The lowest BCUT2D eigenvalue weighted by atomic mass is 10.0. The molecule has 0 saturated carbocycles. The zero-order valence-electron chi connectivity index (χ0n) is 9.50. The first-order valence-electron chi connectivity index (χ1n) is 5.33. The minimum atomic E-state index is -0.562. The van der Waals surface area contributed by atoms with E-state index in [-0.39, 0.29) is 30.7 Å². The first kappa shape index (κ1) is 13.1. The topological polar surface area (TPSA) is 32.3 Å². The number of hydrogen-bond donors (Lipinski definition) is 2. The van der Waals surface area contributed by atoms with Crippen molar-refractivity contribution in [3.8, 4) is 0 Å². The molecule has 90 valence electrons. The molecule has 0 aliphatic heterocycles. The molecule has 2 N–H and O–H groups in total. The van der Waals surface area contributed by atoms with Gasteiger partial charge in [0.15, 0.2) is 0 Å². The van der Waals surface area contributed by atoms with Crippen molar-refractivity contribution in [2.75, 3.05) is 6.61 Å². The Morgan fingerprint density at radius 1 is 1.25 bits per heavy atom. The second-order valence-corrected chi connectivity index (χ2v) is 4.11. The van der Waals surface area contributed by atoms with Gasteiger partial charge in [-0.25, -0.2) is 8.78 Å². The fraction of sp³-hybridized carbons (Fsp3) is 0.500. The van der Waals surface area contributed by atoms with E-state index in [0.717, 1.165) is 0 Å². The van der Waals surface area contributed by atoms with Crippen LogP contribution in [0.5, 0.6) is 0 Å². The molecular weight excluding hydrogens is 212 g/mol. The normalized spacial score (nSPS) is 13.1. The fourth-order valence-electron chi connectivity index (χ4n) is 1.45. The number of halogens is 2. The van der Waals surface area contributed by atoms with Crippen LogP contribution >= 0.6 is 0 Å². The average molecular weight is 229 g/mol. The average Bonchev–Trinajstić information content (AvgIpc) is 2.22. The Morgan fingerprint density at radius 3 is 2.25 bits per heavy atom. The highest BCUT2D eigenvalue weighted by atomic mass is 19.1. The third-order valence-corrected chi connectivity index (χ3v) is 2.60. The van der Waals surface area contributed by atoms with Gasteiger partial charge in [0.25, 0.3) is 0 Å². The predicted molar refractivity (Wildman–Crippen MR) is 58.9 cm³/mol. The molecule has 1 aromatic carbocycles. The summed E-state index contributed by atoms with van der Waals surface area (Å²) in [5.41, 5.74) is 0.0154. The predicted octanol–water partition coefficient (Wildman–Crippen LogP) is 2.07. The Balaban J connectivity index is 2.67. The van der Waals surface area contributed by atoms with Crippen molar-refractivity contribution < 1.29 is 13.9 Å². The van der Waals surface area contributed by atoms with Gasteiger partial charge in [-0.3, -0.25) is 0 Å². The molecule has 0 fully saturated rings. The first-order valence-corrected chi connectivity index (χ1v) is 5.33. The number of rotatable bonds is 5. The minimum absolute atomic E-state index is 0.0154. The number of aliphatic hydroxyl groups is 1. The summed E-state index contributed by atoms with van der Waals surface area (Å²) in [5.74, 6) is -0.916. The zero-order chi connectivity index (χ0) is 12.1. The summed E-state index contributed by atoms with van der Waals surface area (Å²) in [7, 11) is 0. The molecule has 2 nitrogen and oxygen atoms in total. The van der Waals surface area contributed by atoms with Crippen LogP contribution in [-0.2, 0) is 6.54 Å². The third-order valence-electron chi connectivity index (χ3n) is 2.60. The van der Waals surface area contributed by atoms with Crippen LogP contribution < -0.4 is 5.32 Å². The van der Waals surface area contributed by atoms with Gasteiger partial charge in [0, 0.05) is 18.2 Å². The van der Waals surface area contributed by atoms with Crippen molar-refractivity contribution in [2.45, 2.75) is 26.4 Å². The largest absolute Gasteiger partial charge is 0.395 e. The molecule has 0 saturated heterocycles. The fourth-order valence-corrected chi connectivity index (χ4v) is 1.45. The second kappa shape index (κ2) is 5.92. The van der Waals surface area contributed by atoms with E-state index < -0.39 is 11.6 Å². The maximum Gasteiger partial charge on any atom is 0.130 e. The lowest BCUT2D eigenvalue weighted by Crippen LogP contribution is -2.36. The molecule has 1 aromatic rings. The smallest absolute Gasteiger partial charge is 0.130 e. The highest BCUT2D eigenvalue weighted by Gasteiger charge is 2.14. The molecule has 1 atom stereocenters. The van der Waals surface area contributed by atoms with Gasteiger partial charge >= 0.3 is 0 Å². The molecule has 4 heteroatoms. The van der Waals surface area contributed by atoms with Crippen LogP contribution in [0.3, 0.4) is 0 Å². The molecule has 0 radical (unpaired) electrons. The summed E-state index contributed by atoms with van der Waals surface area (Å²) < 4.78 is 26.5. The van der Waals surface area contributed by atoms with Crippen LogP contribution in [0, 0.1) is 17.6 Å². The number of aliphatic hydroxyl groups excluding tert-OH is 1. The standard InChI is InChI=1S/C12H17F2NO/c1-8(2)12(7-16)15-6-9-10(13)4-3-5-11(9)14/h3-5,8,12,15-16H,6-7H2,1-2H3. The van der Waals surface area contributed by atoms with E-state index in [1.807, 2.05) is 13.8 Å². The molecule has 0 aliphatic rings. The summed E-state index contributed by atoms with van der Waals surface area (Å²) in [5, 5.41) is 12.0. The molecule has 0 amide bonds. The molecule has 1 rings (SSSR count). The van der Waals surface area contributed by atoms with Gasteiger partial charge in [-0.15, -0.1) is 0 Å². The van der Waals surface area contributed by atoms with E-state index in [2.05, 4.69) is 5.32 Å². The van der Waals surface area contributed by atoms with Crippen LogP contribution in [0.4, 0.5) is 8.78 Å². The van der Waals surface area contributed by atoms with E-state index in [4.69, 9.17) is 5.11 Å². The van der Waals surface area contributed by atoms with Gasteiger partial charge in [0.2, 0.25) is 0 Å². The highest BCUT2D eigenvalue weighted by molar-refractivity contribution is 5.19. The van der Waals surface area contributed by atoms with Gasteiger partial charge in [-0.05, 0) is 18.1 Å². The van der Waals surface area contributed by atoms with Gasteiger partial charge in [-0.1, -0.05) is 19.9 Å². The first-order chi connectivity index (χ1) is 7.56. The Labute approximate surface area is 94.3 Å². The van der Waals surface area contributed by atoms with Crippen molar-refractivity contribution >= 4 is 0 Å². The van der Waals surface area contributed by atoms with Crippen molar-refractivity contribution in [3.63, 3.8) is 0 Å². The summed E-state index contributed by atoms with van der Waals surface area (Å²) in [6.07, 6.45) is 0.